The monoisotopic (exact) mass is 272 g/mol. The Morgan fingerprint density at radius 1 is 1.21 bits per heavy atom. The Morgan fingerprint density at radius 2 is 1.89 bits per heavy atom. The fourth-order valence-electron chi connectivity index (χ4n) is 5.08. The highest BCUT2D eigenvalue weighted by molar-refractivity contribution is 7.09. The molecule has 4 bridgehead atoms. The van der Waals surface area contributed by atoms with Crippen molar-refractivity contribution in [2.75, 3.05) is 0 Å². The number of nitrogens with zero attached hydrogens (tertiary/aromatic N) is 1. The van der Waals surface area contributed by atoms with Crippen LogP contribution in [0.4, 0.5) is 0 Å². The van der Waals surface area contributed by atoms with Gasteiger partial charge in [0.2, 0.25) is 0 Å². The topological polar surface area (TPSA) is 35.8 Å². The zero-order valence-electron chi connectivity index (χ0n) is 11.1. The normalized spacial score (nSPS) is 43.3. The van der Waals surface area contributed by atoms with Crippen molar-refractivity contribution in [1.82, 2.24) is 5.32 Å². The average molecular weight is 272 g/mol. The Hall–Kier alpha value is -0.850. The van der Waals surface area contributed by atoms with Crippen molar-refractivity contribution in [3.63, 3.8) is 0 Å². The summed E-state index contributed by atoms with van der Waals surface area (Å²) in [6.45, 7) is 0.869. The first-order valence-electron chi connectivity index (χ1n) is 7.49. The predicted octanol–water partition coefficient (Wildman–Crippen LogP) is 3.56. The SMILES string of the molecule is N#CC1(NCc2cccs2)C2CC3CC(C2)CC1C3. The van der Waals surface area contributed by atoms with E-state index >= 15 is 0 Å². The Kier molecular flexibility index (Phi) is 2.72. The van der Waals surface area contributed by atoms with E-state index in [1.807, 2.05) is 0 Å². The van der Waals surface area contributed by atoms with E-state index in [1.54, 1.807) is 11.3 Å². The summed E-state index contributed by atoms with van der Waals surface area (Å²) in [5.41, 5.74) is -0.225. The van der Waals surface area contributed by atoms with Gasteiger partial charge in [-0.25, -0.2) is 0 Å². The van der Waals surface area contributed by atoms with Crippen LogP contribution in [0.3, 0.4) is 0 Å². The highest BCUT2D eigenvalue weighted by Gasteiger charge is 2.57. The summed E-state index contributed by atoms with van der Waals surface area (Å²) >= 11 is 1.79. The molecule has 4 saturated carbocycles. The van der Waals surface area contributed by atoms with E-state index in [-0.39, 0.29) is 5.54 Å². The average Bonchev–Trinajstić information content (AvgIpc) is 2.91. The third-order valence-electron chi connectivity index (χ3n) is 5.75. The van der Waals surface area contributed by atoms with Gasteiger partial charge in [0.25, 0.3) is 0 Å². The molecule has 4 aliphatic rings. The molecule has 0 atom stereocenters. The predicted molar refractivity (Wildman–Crippen MR) is 76.5 cm³/mol. The second kappa shape index (κ2) is 4.33. The van der Waals surface area contributed by atoms with E-state index in [4.69, 9.17) is 0 Å². The lowest BCUT2D eigenvalue weighted by Gasteiger charge is -2.58. The molecule has 19 heavy (non-hydrogen) atoms. The van der Waals surface area contributed by atoms with Gasteiger partial charge in [0, 0.05) is 11.4 Å². The van der Waals surface area contributed by atoms with E-state index in [2.05, 4.69) is 28.9 Å². The lowest BCUT2D eigenvalue weighted by Crippen LogP contribution is -2.63. The summed E-state index contributed by atoms with van der Waals surface area (Å²) in [6.07, 6.45) is 6.60. The molecule has 0 radical (unpaired) electrons. The molecule has 0 spiro atoms. The van der Waals surface area contributed by atoms with E-state index < -0.39 is 0 Å². The van der Waals surface area contributed by atoms with Gasteiger partial charge in [-0.2, -0.15) is 5.26 Å². The summed E-state index contributed by atoms with van der Waals surface area (Å²) in [5.74, 6) is 3.06. The number of hydrogen-bond donors (Lipinski definition) is 1. The van der Waals surface area contributed by atoms with Crippen LogP contribution in [-0.2, 0) is 6.54 Å². The first-order chi connectivity index (χ1) is 9.30. The highest BCUT2D eigenvalue weighted by Crippen LogP contribution is 2.58. The van der Waals surface area contributed by atoms with Gasteiger partial charge in [0.1, 0.15) is 5.54 Å². The Balaban J connectivity index is 1.58. The minimum atomic E-state index is -0.225. The van der Waals surface area contributed by atoms with E-state index in [9.17, 15) is 5.26 Å². The summed E-state index contributed by atoms with van der Waals surface area (Å²) in [5, 5.41) is 15.7. The van der Waals surface area contributed by atoms with Crippen molar-refractivity contribution in [2.24, 2.45) is 23.7 Å². The quantitative estimate of drug-likeness (QED) is 0.913. The van der Waals surface area contributed by atoms with Gasteiger partial charge in [0.15, 0.2) is 0 Å². The third kappa shape index (κ3) is 1.77. The van der Waals surface area contributed by atoms with Gasteiger partial charge in [-0.3, -0.25) is 5.32 Å². The number of nitrogens with one attached hydrogen (secondary N) is 1. The standard InChI is InChI=1S/C16H20N2S/c17-10-16(18-9-15-2-1-3-19-15)13-5-11-4-12(7-13)8-14(16)6-11/h1-3,11-14,18H,4-9H2. The van der Waals surface area contributed by atoms with Crippen molar-refractivity contribution in [2.45, 2.75) is 44.2 Å². The number of thiophene rings is 1. The lowest BCUT2D eigenvalue weighted by atomic mass is 9.49. The van der Waals surface area contributed by atoms with Crippen molar-refractivity contribution >= 4 is 11.3 Å². The van der Waals surface area contributed by atoms with Crippen LogP contribution >= 0.6 is 11.3 Å². The van der Waals surface area contributed by atoms with Gasteiger partial charge in [-0.15, -0.1) is 11.3 Å². The lowest BCUT2D eigenvalue weighted by molar-refractivity contribution is -0.0472. The summed E-state index contributed by atoms with van der Waals surface area (Å²) in [7, 11) is 0. The molecule has 0 aromatic carbocycles. The Morgan fingerprint density at radius 3 is 2.42 bits per heavy atom. The summed E-state index contributed by atoms with van der Waals surface area (Å²) < 4.78 is 0. The third-order valence-corrected chi connectivity index (χ3v) is 6.62. The molecule has 4 fully saturated rings. The molecule has 1 N–H and O–H groups in total. The van der Waals surface area contributed by atoms with Crippen LogP contribution in [0.1, 0.15) is 37.0 Å². The zero-order chi connectivity index (χ0) is 12.9. The van der Waals surface area contributed by atoms with Crippen LogP contribution in [0.2, 0.25) is 0 Å². The first kappa shape index (κ1) is 11.9. The van der Waals surface area contributed by atoms with Gasteiger partial charge >= 0.3 is 0 Å². The maximum Gasteiger partial charge on any atom is 0.112 e. The van der Waals surface area contributed by atoms with Gasteiger partial charge in [-0.1, -0.05) is 6.07 Å². The highest BCUT2D eigenvalue weighted by atomic mass is 32.1. The number of rotatable bonds is 3. The van der Waals surface area contributed by atoms with E-state index in [0.717, 1.165) is 18.4 Å². The minimum absolute atomic E-state index is 0.225. The van der Waals surface area contributed by atoms with E-state index in [0.29, 0.717) is 11.8 Å². The van der Waals surface area contributed by atoms with Crippen molar-refractivity contribution in [1.29, 1.82) is 5.26 Å². The molecule has 4 aliphatic carbocycles. The van der Waals surface area contributed by atoms with Crippen LogP contribution in [0.15, 0.2) is 17.5 Å². The van der Waals surface area contributed by atoms with Crippen LogP contribution in [-0.4, -0.2) is 5.54 Å². The molecule has 3 heteroatoms. The second-order valence-corrected chi connectivity index (χ2v) is 7.75. The van der Waals surface area contributed by atoms with Crippen LogP contribution in [0.5, 0.6) is 0 Å². The molecule has 1 aromatic heterocycles. The van der Waals surface area contributed by atoms with Gasteiger partial charge in [-0.05, 0) is 67.2 Å². The molecule has 0 saturated heterocycles. The number of nitriles is 1. The molecule has 1 aromatic rings. The fourth-order valence-corrected chi connectivity index (χ4v) is 5.73. The molecular formula is C16H20N2S. The molecular weight excluding hydrogens is 252 g/mol. The second-order valence-electron chi connectivity index (χ2n) is 6.72. The maximum absolute atomic E-state index is 9.87. The Labute approximate surface area is 118 Å². The molecule has 5 rings (SSSR count). The smallest absolute Gasteiger partial charge is 0.112 e. The Bertz CT molecular complexity index is 471. The molecule has 100 valence electrons. The molecule has 0 amide bonds. The van der Waals surface area contributed by atoms with Crippen LogP contribution in [0, 0.1) is 35.0 Å². The van der Waals surface area contributed by atoms with Crippen LogP contribution in [0.25, 0.3) is 0 Å². The number of hydrogen-bond acceptors (Lipinski definition) is 3. The van der Waals surface area contributed by atoms with Crippen molar-refractivity contribution in [3.05, 3.63) is 22.4 Å². The maximum atomic E-state index is 9.87. The molecule has 0 aliphatic heterocycles. The van der Waals surface area contributed by atoms with Crippen LogP contribution < -0.4 is 5.32 Å². The van der Waals surface area contributed by atoms with Gasteiger partial charge in [0.05, 0.1) is 6.07 Å². The van der Waals surface area contributed by atoms with Crippen molar-refractivity contribution in [3.8, 4) is 6.07 Å². The summed E-state index contributed by atoms with van der Waals surface area (Å²) in [6, 6.07) is 6.98. The first-order valence-corrected chi connectivity index (χ1v) is 8.37. The zero-order valence-corrected chi connectivity index (χ0v) is 12.0. The largest absolute Gasteiger partial charge is 0.294 e. The minimum Gasteiger partial charge on any atom is -0.294 e. The van der Waals surface area contributed by atoms with Gasteiger partial charge < -0.3 is 0 Å². The molecule has 2 nitrogen and oxygen atoms in total. The molecule has 1 heterocycles. The van der Waals surface area contributed by atoms with Crippen molar-refractivity contribution < 1.29 is 0 Å². The van der Waals surface area contributed by atoms with E-state index in [1.165, 1.54) is 37.0 Å². The molecule has 0 unspecified atom stereocenters. The summed E-state index contributed by atoms with van der Waals surface area (Å²) in [4.78, 5) is 1.35. The fraction of sp³-hybridized carbons (Fsp3) is 0.688.